The third-order valence-electron chi connectivity index (χ3n) is 3.95. The lowest BCUT2D eigenvalue weighted by molar-refractivity contribution is -0.134. The molecule has 130 valence electrons. The predicted octanol–water partition coefficient (Wildman–Crippen LogP) is 1.84. The fraction of sp³-hybridized carbons (Fsp3) is 0.471. The zero-order valence-electron chi connectivity index (χ0n) is 13.7. The van der Waals surface area contributed by atoms with Crippen molar-refractivity contribution in [2.75, 3.05) is 26.7 Å². The Hall–Kier alpha value is -2.15. The van der Waals surface area contributed by atoms with Crippen LogP contribution in [0.4, 0.5) is 0 Å². The highest BCUT2D eigenvalue weighted by molar-refractivity contribution is 7.12. The number of piperidine rings is 1. The van der Waals surface area contributed by atoms with E-state index in [4.69, 9.17) is 0 Å². The predicted molar refractivity (Wildman–Crippen MR) is 91.7 cm³/mol. The van der Waals surface area contributed by atoms with E-state index >= 15 is 0 Å². The van der Waals surface area contributed by atoms with E-state index in [9.17, 15) is 14.4 Å². The Morgan fingerprint density at radius 3 is 2.75 bits per heavy atom. The first-order valence-corrected chi connectivity index (χ1v) is 8.84. The first-order valence-electron chi connectivity index (χ1n) is 7.96. The maximum atomic E-state index is 12.3. The average Bonchev–Trinajstić information content (AvgIpc) is 3.15. The molecule has 2 rings (SSSR count). The van der Waals surface area contributed by atoms with Crippen LogP contribution in [-0.4, -0.2) is 49.4 Å². The third-order valence-corrected chi connectivity index (χ3v) is 4.81. The van der Waals surface area contributed by atoms with Crippen molar-refractivity contribution in [3.63, 3.8) is 0 Å². The van der Waals surface area contributed by atoms with Crippen molar-refractivity contribution in [2.45, 2.75) is 19.3 Å². The van der Waals surface area contributed by atoms with E-state index in [2.05, 4.69) is 10.1 Å². The number of ether oxygens (including phenoxy) is 1. The number of carbonyl (C=O) groups is 3. The molecule has 0 aliphatic carbocycles. The van der Waals surface area contributed by atoms with E-state index in [0.717, 1.165) is 4.88 Å². The molecule has 2 amide bonds. The minimum atomic E-state index is -0.399. The summed E-state index contributed by atoms with van der Waals surface area (Å²) < 4.78 is 4.48. The van der Waals surface area contributed by atoms with Gasteiger partial charge in [0.25, 0.3) is 5.91 Å². The maximum absolute atomic E-state index is 12.3. The number of nitrogens with one attached hydrogen (secondary N) is 1. The molecule has 0 aromatic carbocycles. The molecule has 1 aliphatic rings. The van der Waals surface area contributed by atoms with E-state index < -0.39 is 5.97 Å². The normalized spacial score (nSPS) is 15.5. The summed E-state index contributed by atoms with van der Waals surface area (Å²) >= 11 is 1.44. The molecule has 0 radical (unpaired) electrons. The lowest BCUT2D eigenvalue weighted by Crippen LogP contribution is -2.43. The van der Waals surface area contributed by atoms with Crippen LogP contribution in [0.3, 0.4) is 0 Å². The molecule has 6 nitrogen and oxygen atoms in total. The Morgan fingerprint density at radius 2 is 2.12 bits per heavy atom. The second-order valence-electron chi connectivity index (χ2n) is 5.55. The van der Waals surface area contributed by atoms with Gasteiger partial charge in [-0.05, 0) is 30.7 Å². The summed E-state index contributed by atoms with van der Waals surface area (Å²) in [6.07, 6.45) is 4.97. The maximum Gasteiger partial charge on any atom is 0.330 e. The average molecular weight is 350 g/mol. The first-order chi connectivity index (χ1) is 11.6. The van der Waals surface area contributed by atoms with Crippen LogP contribution in [0.15, 0.2) is 29.7 Å². The largest absolute Gasteiger partial charge is 0.466 e. The van der Waals surface area contributed by atoms with Gasteiger partial charge in [-0.2, -0.15) is 0 Å². The van der Waals surface area contributed by atoms with Gasteiger partial charge < -0.3 is 15.0 Å². The smallest absolute Gasteiger partial charge is 0.330 e. The highest BCUT2D eigenvalue weighted by Crippen LogP contribution is 2.20. The van der Waals surface area contributed by atoms with Crippen LogP contribution in [0, 0.1) is 5.92 Å². The van der Waals surface area contributed by atoms with Gasteiger partial charge in [0.05, 0.1) is 12.0 Å². The Kier molecular flexibility index (Phi) is 6.99. The number of likely N-dealkylation sites (tertiary alicyclic amines) is 1. The fourth-order valence-corrected chi connectivity index (χ4v) is 3.26. The van der Waals surface area contributed by atoms with Crippen LogP contribution in [0.5, 0.6) is 0 Å². The number of methoxy groups -OCH3 is 1. The standard InChI is InChI=1S/C17H22N2O4S/c1-23-15(20)6-2-3-9-18-16(21)13-7-10-19(11-8-13)17(22)14-5-4-12-24-14/h2,4-6,12-13H,3,7-11H2,1H3,(H,18,21)/b6-2+. The molecular formula is C17H22N2O4S. The van der Waals surface area contributed by atoms with E-state index in [1.807, 2.05) is 22.4 Å². The molecule has 1 aromatic rings. The Labute approximate surface area is 145 Å². The SMILES string of the molecule is COC(=O)/C=C/CCNC(=O)C1CCN(C(=O)c2cccs2)CC1. The van der Waals surface area contributed by atoms with Gasteiger partial charge in [0.1, 0.15) is 0 Å². The van der Waals surface area contributed by atoms with Gasteiger partial charge in [0.15, 0.2) is 0 Å². The summed E-state index contributed by atoms with van der Waals surface area (Å²) in [5.41, 5.74) is 0. The summed E-state index contributed by atoms with van der Waals surface area (Å²) in [5, 5.41) is 4.76. The van der Waals surface area contributed by atoms with Crippen molar-refractivity contribution >= 4 is 29.1 Å². The second-order valence-corrected chi connectivity index (χ2v) is 6.50. The Balaban J connectivity index is 1.68. The van der Waals surface area contributed by atoms with E-state index in [0.29, 0.717) is 38.9 Å². The molecule has 0 bridgehead atoms. The molecule has 2 heterocycles. The summed E-state index contributed by atoms with van der Waals surface area (Å²) in [5.74, 6) is -0.382. The van der Waals surface area contributed by atoms with Crippen molar-refractivity contribution in [1.82, 2.24) is 10.2 Å². The highest BCUT2D eigenvalue weighted by Gasteiger charge is 2.27. The number of rotatable bonds is 6. The van der Waals surface area contributed by atoms with E-state index in [1.54, 1.807) is 6.08 Å². The minimum absolute atomic E-state index is 0.0182. The Bertz CT molecular complexity index is 590. The number of carbonyl (C=O) groups excluding carboxylic acids is 3. The van der Waals surface area contributed by atoms with Crippen molar-refractivity contribution in [3.05, 3.63) is 34.5 Å². The van der Waals surface area contributed by atoms with Crippen molar-refractivity contribution < 1.29 is 19.1 Å². The van der Waals surface area contributed by atoms with Crippen LogP contribution >= 0.6 is 11.3 Å². The number of hydrogen-bond acceptors (Lipinski definition) is 5. The van der Waals surface area contributed by atoms with E-state index in [-0.39, 0.29) is 17.7 Å². The van der Waals surface area contributed by atoms with Gasteiger partial charge in [-0.15, -0.1) is 11.3 Å². The van der Waals surface area contributed by atoms with Gasteiger partial charge in [-0.3, -0.25) is 9.59 Å². The number of hydrogen-bond donors (Lipinski definition) is 1. The Morgan fingerprint density at radius 1 is 1.38 bits per heavy atom. The molecule has 1 fully saturated rings. The molecule has 0 spiro atoms. The molecule has 0 saturated carbocycles. The van der Waals surface area contributed by atoms with Gasteiger partial charge in [-0.1, -0.05) is 12.1 Å². The van der Waals surface area contributed by atoms with Crippen LogP contribution in [0.25, 0.3) is 0 Å². The fourth-order valence-electron chi connectivity index (χ4n) is 2.57. The van der Waals surface area contributed by atoms with Crippen LogP contribution in [0.2, 0.25) is 0 Å². The van der Waals surface area contributed by atoms with Crippen LogP contribution in [-0.2, 0) is 14.3 Å². The summed E-state index contributed by atoms with van der Waals surface area (Å²) in [7, 11) is 1.32. The molecule has 0 unspecified atom stereocenters. The van der Waals surface area contributed by atoms with E-state index in [1.165, 1.54) is 24.5 Å². The summed E-state index contributed by atoms with van der Waals surface area (Å²) in [6.45, 7) is 1.70. The first kappa shape index (κ1) is 18.2. The van der Waals surface area contributed by atoms with Gasteiger partial charge in [0, 0.05) is 31.6 Å². The van der Waals surface area contributed by atoms with Crippen LogP contribution < -0.4 is 5.32 Å². The molecule has 0 atom stereocenters. The molecular weight excluding hydrogens is 328 g/mol. The lowest BCUT2D eigenvalue weighted by atomic mass is 9.95. The minimum Gasteiger partial charge on any atom is -0.466 e. The second kappa shape index (κ2) is 9.22. The molecule has 1 N–H and O–H groups in total. The number of nitrogens with zero attached hydrogens (tertiary/aromatic N) is 1. The molecule has 24 heavy (non-hydrogen) atoms. The van der Waals surface area contributed by atoms with Crippen molar-refractivity contribution in [2.24, 2.45) is 5.92 Å². The zero-order chi connectivity index (χ0) is 17.4. The highest BCUT2D eigenvalue weighted by atomic mass is 32.1. The number of thiophene rings is 1. The number of esters is 1. The van der Waals surface area contributed by atoms with Gasteiger partial charge in [-0.25, -0.2) is 4.79 Å². The molecule has 1 aromatic heterocycles. The molecule has 1 aliphatic heterocycles. The zero-order valence-corrected chi connectivity index (χ0v) is 14.5. The monoisotopic (exact) mass is 350 g/mol. The summed E-state index contributed by atoms with van der Waals surface area (Å²) in [4.78, 5) is 37.8. The third kappa shape index (κ3) is 5.19. The molecule has 1 saturated heterocycles. The quantitative estimate of drug-likeness (QED) is 0.482. The number of amides is 2. The molecule has 7 heteroatoms. The van der Waals surface area contributed by atoms with Crippen LogP contribution in [0.1, 0.15) is 28.9 Å². The van der Waals surface area contributed by atoms with Crippen molar-refractivity contribution in [1.29, 1.82) is 0 Å². The van der Waals surface area contributed by atoms with Gasteiger partial charge >= 0.3 is 5.97 Å². The topological polar surface area (TPSA) is 75.7 Å². The summed E-state index contributed by atoms with van der Waals surface area (Å²) in [6, 6.07) is 3.69. The van der Waals surface area contributed by atoms with Crippen molar-refractivity contribution in [3.8, 4) is 0 Å². The lowest BCUT2D eigenvalue weighted by Gasteiger charge is -2.31. The van der Waals surface area contributed by atoms with Gasteiger partial charge in [0.2, 0.25) is 5.91 Å².